The van der Waals surface area contributed by atoms with E-state index >= 15 is 0 Å². The Morgan fingerprint density at radius 2 is 2.14 bits per heavy atom. The highest BCUT2D eigenvalue weighted by Crippen LogP contribution is 2.42. The van der Waals surface area contributed by atoms with Gasteiger partial charge in [0.1, 0.15) is 12.2 Å². The first-order chi connectivity index (χ1) is 9.91. The van der Waals surface area contributed by atoms with Crippen LogP contribution in [0.2, 0.25) is 0 Å². The maximum absolute atomic E-state index is 4.49. The molecule has 120 valence electrons. The van der Waals surface area contributed by atoms with Crippen LogP contribution < -0.4 is 5.32 Å². The van der Waals surface area contributed by atoms with E-state index in [1.54, 1.807) is 6.33 Å². The zero-order chi connectivity index (χ0) is 15.5. The standard InChI is InChI=1S/C17H32N4/c1-6-21-16(19-12-20-21)9-15-10-17(4,5)8-7-14(15)11-18-13(2)3/h12-15,18H,6-11H2,1-5H3. The van der Waals surface area contributed by atoms with Crippen molar-refractivity contribution in [3.8, 4) is 0 Å². The van der Waals surface area contributed by atoms with Crippen molar-refractivity contribution in [2.24, 2.45) is 17.3 Å². The van der Waals surface area contributed by atoms with Crippen LogP contribution >= 0.6 is 0 Å². The van der Waals surface area contributed by atoms with Crippen LogP contribution in [-0.2, 0) is 13.0 Å². The van der Waals surface area contributed by atoms with Gasteiger partial charge in [0.2, 0.25) is 0 Å². The van der Waals surface area contributed by atoms with Gasteiger partial charge in [0, 0.05) is 19.0 Å². The lowest BCUT2D eigenvalue weighted by molar-refractivity contribution is 0.112. The second-order valence-corrected chi connectivity index (χ2v) is 7.69. The van der Waals surface area contributed by atoms with Crippen molar-refractivity contribution in [2.75, 3.05) is 6.54 Å². The van der Waals surface area contributed by atoms with E-state index in [1.165, 1.54) is 19.3 Å². The summed E-state index contributed by atoms with van der Waals surface area (Å²) in [6.07, 6.45) is 6.75. The molecule has 1 aliphatic rings. The van der Waals surface area contributed by atoms with Gasteiger partial charge in [0.05, 0.1) is 0 Å². The van der Waals surface area contributed by atoms with Crippen molar-refractivity contribution in [3.05, 3.63) is 12.2 Å². The summed E-state index contributed by atoms with van der Waals surface area (Å²) >= 11 is 0. The average Bonchev–Trinajstić information content (AvgIpc) is 2.84. The van der Waals surface area contributed by atoms with Crippen molar-refractivity contribution in [3.63, 3.8) is 0 Å². The molecule has 1 heterocycles. The Labute approximate surface area is 129 Å². The van der Waals surface area contributed by atoms with Crippen LogP contribution in [-0.4, -0.2) is 27.4 Å². The smallest absolute Gasteiger partial charge is 0.138 e. The number of hydrogen-bond acceptors (Lipinski definition) is 3. The second kappa shape index (κ2) is 6.91. The van der Waals surface area contributed by atoms with E-state index in [1.807, 2.05) is 0 Å². The van der Waals surface area contributed by atoms with Gasteiger partial charge >= 0.3 is 0 Å². The molecule has 1 N–H and O–H groups in total. The number of nitrogens with one attached hydrogen (secondary N) is 1. The van der Waals surface area contributed by atoms with Crippen molar-refractivity contribution in [1.82, 2.24) is 20.1 Å². The molecule has 2 unspecified atom stereocenters. The van der Waals surface area contributed by atoms with E-state index in [-0.39, 0.29) is 0 Å². The number of aryl methyl sites for hydroxylation is 1. The molecule has 4 heteroatoms. The van der Waals surface area contributed by atoms with Gasteiger partial charge < -0.3 is 5.32 Å². The first kappa shape index (κ1) is 16.5. The highest BCUT2D eigenvalue weighted by Gasteiger charge is 2.35. The summed E-state index contributed by atoms with van der Waals surface area (Å²) in [4.78, 5) is 4.49. The molecule has 2 rings (SSSR count). The summed E-state index contributed by atoms with van der Waals surface area (Å²) in [5.74, 6) is 2.65. The Bertz CT molecular complexity index is 434. The summed E-state index contributed by atoms with van der Waals surface area (Å²) in [7, 11) is 0. The molecular formula is C17H32N4. The SMILES string of the molecule is CCn1ncnc1CC1CC(C)(C)CCC1CNC(C)C. The van der Waals surface area contributed by atoms with Crippen molar-refractivity contribution in [2.45, 2.75) is 72.9 Å². The summed E-state index contributed by atoms with van der Waals surface area (Å²) in [6.45, 7) is 13.5. The van der Waals surface area contributed by atoms with Crippen molar-refractivity contribution < 1.29 is 0 Å². The van der Waals surface area contributed by atoms with E-state index in [0.717, 1.165) is 37.2 Å². The quantitative estimate of drug-likeness (QED) is 0.875. The number of rotatable bonds is 6. The van der Waals surface area contributed by atoms with Crippen molar-refractivity contribution >= 4 is 0 Å². The molecule has 21 heavy (non-hydrogen) atoms. The molecule has 0 aliphatic heterocycles. The Morgan fingerprint density at radius 3 is 2.81 bits per heavy atom. The fourth-order valence-corrected chi connectivity index (χ4v) is 3.63. The van der Waals surface area contributed by atoms with Crippen LogP contribution in [0.15, 0.2) is 6.33 Å². The Morgan fingerprint density at radius 1 is 1.38 bits per heavy atom. The third-order valence-electron chi connectivity index (χ3n) is 4.90. The molecule has 1 fully saturated rings. The summed E-state index contributed by atoms with van der Waals surface area (Å²) in [5, 5.41) is 7.96. The number of hydrogen-bond donors (Lipinski definition) is 1. The third kappa shape index (κ3) is 4.53. The van der Waals surface area contributed by atoms with Crippen LogP contribution in [0.25, 0.3) is 0 Å². The predicted molar refractivity (Wildman–Crippen MR) is 87.2 cm³/mol. The minimum atomic E-state index is 0.468. The molecule has 0 bridgehead atoms. The average molecular weight is 292 g/mol. The summed E-state index contributed by atoms with van der Waals surface area (Å²) < 4.78 is 2.05. The molecule has 1 aromatic rings. The topological polar surface area (TPSA) is 42.7 Å². The fourth-order valence-electron chi connectivity index (χ4n) is 3.63. The van der Waals surface area contributed by atoms with Crippen LogP contribution in [0.5, 0.6) is 0 Å². The van der Waals surface area contributed by atoms with Crippen LogP contribution in [0, 0.1) is 17.3 Å². The fraction of sp³-hybridized carbons (Fsp3) is 0.882. The molecule has 0 saturated heterocycles. The van der Waals surface area contributed by atoms with E-state index in [2.05, 4.69) is 54.7 Å². The van der Waals surface area contributed by atoms with Gasteiger partial charge in [-0.2, -0.15) is 5.10 Å². The molecule has 0 spiro atoms. The highest BCUT2D eigenvalue weighted by molar-refractivity contribution is 4.94. The lowest BCUT2D eigenvalue weighted by Gasteiger charge is -2.41. The van der Waals surface area contributed by atoms with E-state index in [9.17, 15) is 0 Å². The minimum absolute atomic E-state index is 0.468. The first-order valence-corrected chi connectivity index (χ1v) is 8.51. The first-order valence-electron chi connectivity index (χ1n) is 8.51. The molecule has 4 nitrogen and oxygen atoms in total. The summed E-state index contributed by atoms with van der Waals surface area (Å²) in [6, 6.07) is 0.569. The Hall–Kier alpha value is -0.900. The lowest BCUT2D eigenvalue weighted by atomic mass is 9.66. The van der Waals surface area contributed by atoms with Gasteiger partial charge in [-0.1, -0.05) is 27.7 Å². The maximum atomic E-state index is 4.49. The van der Waals surface area contributed by atoms with Gasteiger partial charge in [-0.3, -0.25) is 4.68 Å². The van der Waals surface area contributed by atoms with Gasteiger partial charge in [-0.05, 0) is 50.0 Å². The predicted octanol–water partition coefficient (Wildman–Crippen LogP) is 3.28. The Kier molecular flexibility index (Phi) is 5.42. The molecule has 1 aliphatic carbocycles. The van der Waals surface area contributed by atoms with Crippen LogP contribution in [0.4, 0.5) is 0 Å². The maximum Gasteiger partial charge on any atom is 0.138 e. The van der Waals surface area contributed by atoms with E-state index in [4.69, 9.17) is 0 Å². The Balaban J connectivity index is 2.06. The van der Waals surface area contributed by atoms with E-state index in [0.29, 0.717) is 11.5 Å². The second-order valence-electron chi connectivity index (χ2n) is 7.69. The largest absolute Gasteiger partial charge is 0.314 e. The molecule has 1 aromatic heterocycles. The molecule has 2 atom stereocenters. The van der Waals surface area contributed by atoms with Crippen LogP contribution in [0.1, 0.15) is 59.7 Å². The molecule has 0 aromatic carbocycles. The molecule has 0 amide bonds. The summed E-state index contributed by atoms with van der Waals surface area (Å²) in [5.41, 5.74) is 0.468. The van der Waals surface area contributed by atoms with Crippen LogP contribution in [0.3, 0.4) is 0 Å². The number of nitrogens with zero attached hydrogens (tertiary/aromatic N) is 3. The molecule has 0 radical (unpaired) electrons. The van der Waals surface area contributed by atoms with Gasteiger partial charge in [0.25, 0.3) is 0 Å². The number of aromatic nitrogens is 3. The zero-order valence-electron chi connectivity index (χ0n) is 14.4. The van der Waals surface area contributed by atoms with Gasteiger partial charge in [-0.15, -0.1) is 0 Å². The van der Waals surface area contributed by atoms with Crippen molar-refractivity contribution in [1.29, 1.82) is 0 Å². The molecular weight excluding hydrogens is 260 g/mol. The van der Waals surface area contributed by atoms with Gasteiger partial charge in [0.15, 0.2) is 0 Å². The normalized spacial score (nSPS) is 25.4. The highest BCUT2D eigenvalue weighted by atomic mass is 15.3. The lowest BCUT2D eigenvalue weighted by Crippen LogP contribution is -2.39. The molecule has 1 saturated carbocycles. The zero-order valence-corrected chi connectivity index (χ0v) is 14.4. The minimum Gasteiger partial charge on any atom is -0.314 e. The monoisotopic (exact) mass is 292 g/mol. The third-order valence-corrected chi connectivity index (χ3v) is 4.90. The van der Waals surface area contributed by atoms with Gasteiger partial charge in [-0.25, -0.2) is 4.98 Å². The van der Waals surface area contributed by atoms with E-state index < -0.39 is 0 Å².